The third-order valence-corrected chi connectivity index (χ3v) is 4.64. The van der Waals surface area contributed by atoms with Gasteiger partial charge in [-0.2, -0.15) is 4.31 Å². The maximum absolute atomic E-state index is 13.1. The van der Waals surface area contributed by atoms with Gasteiger partial charge in [-0.3, -0.25) is 0 Å². The van der Waals surface area contributed by atoms with Crippen molar-refractivity contribution in [3.8, 4) is 0 Å². The Kier molecular flexibility index (Phi) is 3.07. The fourth-order valence-electron chi connectivity index (χ4n) is 1.80. The van der Waals surface area contributed by atoms with Crippen LogP contribution < -0.4 is 5.73 Å². The van der Waals surface area contributed by atoms with Gasteiger partial charge in [-0.1, -0.05) is 0 Å². The SMILES string of the molecule is Nc1ccc(F)cc1S(=O)(=O)N1CC[C@@H](O)C1. The van der Waals surface area contributed by atoms with Gasteiger partial charge in [-0.15, -0.1) is 0 Å². The fourth-order valence-corrected chi connectivity index (χ4v) is 3.42. The van der Waals surface area contributed by atoms with E-state index in [0.29, 0.717) is 6.42 Å². The molecule has 7 heteroatoms. The lowest BCUT2D eigenvalue weighted by atomic mass is 10.3. The Labute approximate surface area is 98.7 Å². The van der Waals surface area contributed by atoms with Crippen LogP contribution >= 0.6 is 0 Å². The molecule has 2 rings (SSSR count). The summed E-state index contributed by atoms with van der Waals surface area (Å²) in [6.07, 6.45) is -0.284. The number of hydrogen-bond donors (Lipinski definition) is 2. The second-order valence-electron chi connectivity index (χ2n) is 3.99. The van der Waals surface area contributed by atoms with Gasteiger partial charge in [-0.05, 0) is 24.6 Å². The number of β-amino-alcohol motifs (C(OH)–C–C–N with tert-alkyl or cyclic N) is 1. The van der Waals surface area contributed by atoms with E-state index in [4.69, 9.17) is 5.73 Å². The molecule has 17 heavy (non-hydrogen) atoms. The van der Waals surface area contributed by atoms with E-state index < -0.39 is 21.9 Å². The molecule has 1 aliphatic rings. The molecule has 0 unspecified atom stereocenters. The maximum Gasteiger partial charge on any atom is 0.245 e. The van der Waals surface area contributed by atoms with Gasteiger partial charge < -0.3 is 10.8 Å². The summed E-state index contributed by atoms with van der Waals surface area (Å²) in [6, 6.07) is 3.22. The molecule has 1 saturated heterocycles. The van der Waals surface area contributed by atoms with Gasteiger partial charge in [-0.25, -0.2) is 12.8 Å². The lowest BCUT2D eigenvalue weighted by molar-refractivity contribution is 0.189. The van der Waals surface area contributed by atoms with Gasteiger partial charge >= 0.3 is 0 Å². The molecule has 1 atom stereocenters. The smallest absolute Gasteiger partial charge is 0.245 e. The molecule has 94 valence electrons. The highest BCUT2D eigenvalue weighted by molar-refractivity contribution is 7.89. The molecule has 5 nitrogen and oxygen atoms in total. The predicted molar refractivity (Wildman–Crippen MR) is 60.2 cm³/mol. The Morgan fingerprint density at radius 3 is 2.76 bits per heavy atom. The first-order chi connectivity index (χ1) is 7.91. The minimum Gasteiger partial charge on any atom is -0.398 e. The van der Waals surface area contributed by atoms with Gasteiger partial charge in [0.15, 0.2) is 0 Å². The highest BCUT2D eigenvalue weighted by Crippen LogP contribution is 2.26. The summed E-state index contributed by atoms with van der Waals surface area (Å²) in [6.45, 7) is 0.248. The number of nitrogen functional groups attached to an aromatic ring is 1. The standard InChI is InChI=1S/C10H13FN2O3S/c11-7-1-2-9(12)10(5-7)17(15,16)13-4-3-8(14)6-13/h1-2,5,8,14H,3-4,6,12H2/t8-/m1/s1. The molecule has 0 amide bonds. The van der Waals surface area contributed by atoms with Crippen molar-refractivity contribution < 1.29 is 17.9 Å². The second-order valence-corrected chi connectivity index (χ2v) is 5.89. The van der Waals surface area contributed by atoms with E-state index >= 15 is 0 Å². The number of nitrogens with zero attached hydrogens (tertiary/aromatic N) is 1. The monoisotopic (exact) mass is 260 g/mol. The molecule has 1 aromatic carbocycles. The first kappa shape index (κ1) is 12.3. The molecule has 0 spiro atoms. The van der Waals surface area contributed by atoms with E-state index in [0.717, 1.165) is 16.4 Å². The lowest BCUT2D eigenvalue weighted by Crippen LogP contribution is -2.30. The van der Waals surface area contributed by atoms with Crippen LogP contribution in [0.15, 0.2) is 23.1 Å². The Morgan fingerprint density at radius 2 is 2.18 bits per heavy atom. The third kappa shape index (κ3) is 2.26. The van der Waals surface area contributed by atoms with Gasteiger partial charge in [0.05, 0.1) is 11.8 Å². The van der Waals surface area contributed by atoms with Crippen LogP contribution in [0.2, 0.25) is 0 Å². The van der Waals surface area contributed by atoms with Gasteiger partial charge in [0.25, 0.3) is 0 Å². The molecule has 0 aromatic heterocycles. The number of hydrogen-bond acceptors (Lipinski definition) is 4. The molecule has 0 aliphatic carbocycles. The molecule has 0 radical (unpaired) electrons. The molecule has 1 heterocycles. The number of benzene rings is 1. The highest BCUT2D eigenvalue weighted by atomic mass is 32.2. The minimum absolute atomic E-state index is 0.00721. The minimum atomic E-state index is -3.82. The Morgan fingerprint density at radius 1 is 1.47 bits per heavy atom. The van der Waals surface area contributed by atoms with Gasteiger partial charge in [0, 0.05) is 13.1 Å². The zero-order valence-corrected chi connectivity index (χ0v) is 9.82. The first-order valence-corrected chi connectivity index (χ1v) is 6.58. The normalized spacial score (nSPS) is 21.9. The van der Waals surface area contributed by atoms with Crippen molar-refractivity contribution in [3.63, 3.8) is 0 Å². The summed E-state index contributed by atoms with van der Waals surface area (Å²) in [7, 11) is -3.82. The van der Waals surface area contributed by atoms with Crippen molar-refractivity contribution in [2.75, 3.05) is 18.8 Å². The number of halogens is 1. The molecular formula is C10H13FN2O3S. The quantitative estimate of drug-likeness (QED) is 0.742. The molecule has 1 aromatic rings. The summed E-state index contributed by atoms with van der Waals surface area (Å²) < 4.78 is 38.4. The number of anilines is 1. The van der Waals surface area contributed by atoms with E-state index in [-0.39, 0.29) is 23.7 Å². The maximum atomic E-state index is 13.1. The topological polar surface area (TPSA) is 83.6 Å². The van der Waals surface area contributed by atoms with Gasteiger partial charge in [0.1, 0.15) is 10.7 Å². The number of aliphatic hydroxyl groups excluding tert-OH is 1. The Bertz CT molecular complexity index is 532. The second kappa shape index (κ2) is 4.25. The van der Waals surface area contributed by atoms with E-state index in [1.165, 1.54) is 6.07 Å². The van der Waals surface area contributed by atoms with Crippen LogP contribution in [0.1, 0.15) is 6.42 Å². The van der Waals surface area contributed by atoms with E-state index in [9.17, 15) is 17.9 Å². The fraction of sp³-hybridized carbons (Fsp3) is 0.400. The number of nitrogens with two attached hydrogens (primary N) is 1. The lowest BCUT2D eigenvalue weighted by Gasteiger charge is -2.16. The van der Waals surface area contributed by atoms with Gasteiger partial charge in [0.2, 0.25) is 10.0 Å². The van der Waals surface area contributed by atoms with Crippen LogP contribution in [-0.2, 0) is 10.0 Å². The molecule has 3 N–H and O–H groups in total. The largest absolute Gasteiger partial charge is 0.398 e. The predicted octanol–water partition coefficient (Wildman–Crippen LogP) is 0.163. The van der Waals surface area contributed by atoms with Crippen molar-refractivity contribution in [1.82, 2.24) is 4.31 Å². The number of rotatable bonds is 2. The summed E-state index contributed by atoms with van der Waals surface area (Å²) in [5.41, 5.74) is 5.55. The van der Waals surface area contributed by atoms with Crippen LogP contribution in [0.25, 0.3) is 0 Å². The van der Waals surface area contributed by atoms with E-state index in [1.54, 1.807) is 0 Å². The summed E-state index contributed by atoms with van der Waals surface area (Å²) in [5, 5.41) is 9.32. The third-order valence-electron chi connectivity index (χ3n) is 2.72. The molecule has 0 saturated carbocycles. The van der Waals surface area contributed by atoms with E-state index in [1.807, 2.05) is 0 Å². The first-order valence-electron chi connectivity index (χ1n) is 5.14. The van der Waals surface area contributed by atoms with E-state index in [2.05, 4.69) is 0 Å². The van der Waals surface area contributed by atoms with Crippen LogP contribution in [0.3, 0.4) is 0 Å². The highest BCUT2D eigenvalue weighted by Gasteiger charge is 2.32. The molecular weight excluding hydrogens is 247 g/mol. The zero-order chi connectivity index (χ0) is 12.6. The van der Waals surface area contributed by atoms with Crippen molar-refractivity contribution in [3.05, 3.63) is 24.0 Å². The summed E-state index contributed by atoms with van der Waals surface area (Å²) >= 11 is 0. The van der Waals surface area contributed by atoms with Crippen LogP contribution in [0, 0.1) is 5.82 Å². The number of sulfonamides is 1. The van der Waals surface area contributed by atoms with Crippen LogP contribution in [-0.4, -0.2) is 37.0 Å². The summed E-state index contributed by atoms with van der Waals surface area (Å²) in [4.78, 5) is -0.244. The average Bonchev–Trinajstić information content (AvgIpc) is 2.69. The summed E-state index contributed by atoms with van der Waals surface area (Å²) in [5.74, 6) is -0.655. The Balaban J connectivity index is 2.41. The van der Waals surface area contributed by atoms with Crippen LogP contribution in [0.5, 0.6) is 0 Å². The Hall–Kier alpha value is -1.18. The van der Waals surface area contributed by atoms with Crippen molar-refractivity contribution >= 4 is 15.7 Å². The zero-order valence-electron chi connectivity index (χ0n) is 9.01. The van der Waals surface area contributed by atoms with Crippen molar-refractivity contribution in [2.24, 2.45) is 0 Å². The number of aliphatic hydroxyl groups is 1. The average molecular weight is 260 g/mol. The van der Waals surface area contributed by atoms with Crippen molar-refractivity contribution in [2.45, 2.75) is 17.4 Å². The molecule has 1 aliphatic heterocycles. The van der Waals surface area contributed by atoms with Crippen LogP contribution in [0.4, 0.5) is 10.1 Å². The molecule has 0 bridgehead atoms. The molecule has 1 fully saturated rings. The van der Waals surface area contributed by atoms with Crippen molar-refractivity contribution in [1.29, 1.82) is 0 Å².